The first-order valence-corrected chi connectivity index (χ1v) is 6.45. The van der Waals surface area contributed by atoms with Crippen LogP contribution in [0.25, 0.3) is 0 Å². The van der Waals surface area contributed by atoms with Crippen LogP contribution in [-0.2, 0) is 0 Å². The summed E-state index contributed by atoms with van der Waals surface area (Å²) in [5.74, 6) is 0.475. The molecule has 1 rings (SSSR count). The lowest BCUT2D eigenvalue weighted by Crippen LogP contribution is -2.34. The Bertz CT molecular complexity index is 314. The van der Waals surface area contributed by atoms with Crippen LogP contribution in [0.5, 0.6) is 0 Å². The van der Waals surface area contributed by atoms with Gasteiger partial charge in [0.1, 0.15) is 0 Å². The van der Waals surface area contributed by atoms with Crippen LogP contribution >= 0.6 is 27.3 Å². The fourth-order valence-electron chi connectivity index (χ4n) is 1.49. The number of nitrogens with zero attached hydrogens (tertiary/aromatic N) is 2. The molecule has 0 saturated carbocycles. The number of rotatable bonds is 5. The third-order valence-electron chi connectivity index (χ3n) is 1.87. The van der Waals surface area contributed by atoms with Crippen molar-refractivity contribution < 1.29 is 5.11 Å². The number of hydrogen-bond acceptors (Lipinski definition) is 5. The minimum absolute atomic E-state index is 0.475. The molecular formula is C9H16BrN3OS. The Morgan fingerprint density at radius 3 is 2.67 bits per heavy atom. The van der Waals surface area contributed by atoms with Crippen LogP contribution in [0.1, 0.15) is 27.2 Å². The van der Waals surface area contributed by atoms with Crippen LogP contribution in [0.2, 0.25) is 0 Å². The molecule has 1 unspecified atom stereocenters. The van der Waals surface area contributed by atoms with Gasteiger partial charge in [0.25, 0.3) is 0 Å². The van der Waals surface area contributed by atoms with Crippen LogP contribution in [0.3, 0.4) is 0 Å². The van der Waals surface area contributed by atoms with Gasteiger partial charge in [-0.05, 0) is 35.2 Å². The fraction of sp³-hybridized carbons (Fsp3) is 0.778. The molecule has 0 amide bonds. The predicted molar refractivity (Wildman–Crippen MR) is 66.2 cm³/mol. The van der Waals surface area contributed by atoms with Gasteiger partial charge in [0, 0.05) is 6.54 Å². The molecule has 1 aromatic heterocycles. The average Bonchev–Trinajstić information content (AvgIpc) is 2.46. The van der Waals surface area contributed by atoms with Crippen molar-refractivity contribution in [3.63, 3.8) is 0 Å². The second-order valence-corrected chi connectivity index (χ2v) is 6.56. The Morgan fingerprint density at radius 2 is 2.20 bits per heavy atom. The average molecular weight is 294 g/mol. The molecule has 86 valence electrons. The molecule has 4 nitrogen and oxygen atoms in total. The zero-order chi connectivity index (χ0) is 11.5. The smallest absolute Gasteiger partial charge is 0.206 e. The van der Waals surface area contributed by atoms with Gasteiger partial charge in [0.2, 0.25) is 5.13 Å². The van der Waals surface area contributed by atoms with Gasteiger partial charge in [-0.2, -0.15) is 0 Å². The molecule has 6 heteroatoms. The Hall–Kier alpha value is -0.200. The highest BCUT2D eigenvalue weighted by molar-refractivity contribution is 9.11. The maximum absolute atomic E-state index is 10.0. The molecule has 0 fully saturated rings. The standard InChI is InChI=1S/C9H16BrN3OS/c1-6(2)4-9(3,14)5-11-8-13-12-7(10)15-8/h6,14H,4-5H2,1-3H3,(H,11,13). The molecule has 1 heterocycles. The molecule has 1 atom stereocenters. The van der Waals surface area contributed by atoms with Gasteiger partial charge in [-0.15, -0.1) is 10.2 Å². The van der Waals surface area contributed by atoms with Crippen molar-refractivity contribution >= 4 is 32.4 Å². The highest BCUT2D eigenvalue weighted by Gasteiger charge is 2.21. The van der Waals surface area contributed by atoms with E-state index in [4.69, 9.17) is 0 Å². The molecular weight excluding hydrogens is 278 g/mol. The molecule has 0 aliphatic heterocycles. The summed E-state index contributed by atoms with van der Waals surface area (Å²) in [7, 11) is 0. The van der Waals surface area contributed by atoms with Crippen LogP contribution in [0, 0.1) is 5.92 Å². The molecule has 0 aliphatic carbocycles. The largest absolute Gasteiger partial charge is 0.388 e. The van der Waals surface area contributed by atoms with Gasteiger partial charge >= 0.3 is 0 Å². The molecule has 0 aromatic carbocycles. The van der Waals surface area contributed by atoms with Crippen molar-refractivity contribution in [3.8, 4) is 0 Å². The summed E-state index contributed by atoms with van der Waals surface area (Å²) in [6.45, 7) is 6.51. The van der Waals surface area contributed by atoms with E-state index in [1.54, 1.807) is 0 Å². The monoisotopic (exact) mass is 293 g/mol. The van der Waals surface area contributed by atoms with Gasteiger partial charge in [-0.1, -0.05) is 25.2 Å². The lowest BCUT2D eigenvalue weighted by atomic mass is 9.94. The van der Waals surface area contributed by atoms with Gasteiger partial charge < -0.3 is 10.4 Å². The maximum atomic E-state index is 10.0. The van der Waals surface area contributed by atoms with E-state index < -0.39 is 5.60 Å². The number of anilines is 1. The van der Waals surface area contributed by atoms with E-state index in [-0.39, 0.29) is 0 Å². The molecule has 0 spiro atoms. The van der Waals surface area contributed by atoms with Crippen molar-refractivity contribution in [2.24, 2.45) is 5.92 Å². The van der Waals surface area contributed by atoms with E-state index in [2.05, 4.69) is 45.3 Å². The number of hydrogen-bond donors (Lipinski definition) is 2. The van der Waals surface area contributed by atoms with Crippen molar-refractivity contribution in [2.45, 2.75) is 32.8 Å². The van der Waals surface area contributed by atoms with Crippen molar-refractivity contribution in [1.29, 1.82) is 0 Å². The first kappa shape index (κ1) is 12.9. The predicted octanol–water partition coefficient (Wildman–Crippen LogP) is 2.51. The number of halogens is 1. The minimum Gasteiger partial charge on any atom is -0.388 e. The van der Waals surface area contributed by atoms with E-state index in [1.807, 2.05) is 6.92 Å². The van der Waals surface area contributed by atoms with Crippen LogP contribution in [0.4, 0.5) is 5.13 Å². The molecule has 0 aliphatic rings. The van der Waals surface area contributed by atoms with Gasteiger partial charge in [-0.3, -0.25) is 0 Å². The number of aromatic nitrogens is 2. The lowest BCUT2D eigenvalue weighted by Gasteiger charge is -2.25. The van der Waals surface area contributed by atoms with E-state index in [0.717, 1.165) is 15.5 Å². The van der Waals surface area contributed by atoms with E-state index in [1.165, 1.54) is 11.3 Å². The summed E-state index contributed by atoms with van der Waals surface area (Å²) in [6.07, 6.45) is 0.764. The Balaban J connectivity index is 2.42. The van der Waals surface area contributed by atoms with Gasteiger partial charge in [0.05, 0.1) is 5.60 Å². The van der Waals surface area contributed by atoms with Crippen LogP contribution < -0.4 is 5.32 Å². The van der Waals surface area contributed by atoms with Crippen LogP contribution in [0.15, 0.2) is 3.92 Å². The summed E-state index contributed by atoms with van der Waals surface area (Å²) in [4.78, 5) is 0. The SMILES string of the molecule is CC(C)CC(C)(O)CNc1nnc(Br)s1. The van der Waals surface area contributed by atoms with Crippen molar-refractivity contribution in [3.05, 3.63) is 3.92 Å². The third-order valence-corrected chi connectivity index (χ3v) is 3.18. The van der Waals surface area contributed by atoms with Crippen molar-refractivity contribution in [2.75, 3.05) is 11.9 Å². The highest BCUT2D eigenvalue weighted by Crippen LogP contribution is 2.22. The summed E-state index contributed by atoms with van der Waals surface area (Å²) < 4.78 is 0.744. The van der Waals surface area contributed by atoms with Crippen molar-refractivity contribution in [1.82, 2.24) is 10.2 Å². The van der Waals surface area contributed by atoms with E-state index in [0.29, 0.717) is 12.5 Å². The normalized spacial score (nSPS) is 15.3. The molecule has 0 saturated heterocycles. The quantitative estimate of drug-likeness (QED) is 0.876. The summed E-state index contributed by atoms with van der Waals surface area (Å²) in [6, 6.07) is 0. The Labute approximate surface area is 102 Å². The molecule has 0 radical (unpaired) electrons. The molecule has 15 heavy (non-hydrogen) atoms. The summed E-state index contributed by atoms with van der Waals surface area (Å²) in [5, 5.41) is 21.6. The second kappa shape index (κ2) is 5.23. The summed E-state index contributed by atoms with van der Waals surface area (Å²) >= 11 is 4.65. The molecule has 2 N–H and O–H groups in total. The lowest BCUT2D eigenvalue weighted by molar-refractivity contribution is 0.0515. The first-order chi connectivity index (χ1) is 6.89. The van der Waals surface area contributed by atoms with Gasteiger partial charge in [0.15, 0.2) is 3.92 Å². The second-order valence-electron chi connectivity index (χ2n) is 4.31. The highest BCUT2D eigenvalue weighted by atomic mass is 79.9. The maximum Gasteiger partial charge on any atom is 0.206 e. The third kappa shape index (κ3) is 4.90. The first-order valence-electron chi connectivity index (χ1n) is 4.84. The zero-order valence-electron chi connectivity index (χ0n) is 9.12. The molecule has 1 aromatic rings. The Kier molecular flexibility index (Phi) is 4.48. The number of aliphatic hydroxyl groups is 1. The fourth-order valence-corrected chi connectivity index (χ4v) is 2.50. The van der Waals surface area contributed by atoms with Gasteiger partial charge in [-0.25, -0.2) is 0 Å². The minimum atomic E-state index is -0.702. The molecule has 0 bridgehead atoms. The van der Waals surface area contributed by atoms with Crippen LogP contribution in [-0.4, -0.2) is 27.4 Å². The van der Waals surface area contributed by atoms with E-state index in [9.17, 15) is 5.11 Å². The van der Waals surface area contributed by atoms with E-state index >= 15 is 0 Å². The number of nitrogens with one attached hydrogen (secondary N) is 1. The topological polar surface area (TPSA) is 58.0 Å². The zero-order valence-corrected chi connectivity index (χ0v) is 11.5. The summed E-state index contributed by atoms with van der Waals surface area (Å²) in [5.41, 5.74) is -0.702. The Morgan fingerprint density at radius 1 is 1.53 bits per heavy atom.